The van der Waals surface area contributed by atoms with Crippen LogP contribution in [0.2, 0.25) is 0 Å². The Morgan fingerprint density at radius 2 is 1.70 bits per heavy atom. The van der Waals surface area contributed by atoms with E-state index >= 15 is 0 Å². The van der Waals surface area contributed by atoms with Crippen LogP contribution < -0.4 is 26.4 Å². The fraction of sp³-hybridized carbons (Fsp3) is 0.258. The van der Waals surface area contributed by atoms with Crippen molar-refractivity contribution in [3.63, 3.8) is 0 Å². The zero-order chi connectivity index (χ0) is 32.0. The molecule has 5 N–H and O–H groups in total. The number of rotatable bonds is 9. The SMILES string of the molecule is Cc1cc(Oc2ccc(NC(=O)Nc3cc(C(C)(C)C)nn3-c3ccc(CNC(=O)C(C)OC(N)=O)cc3)c(F)c2)ccn1. The first-order valence-electron chi connectivity index (χ1n) is 13.7. The Morgan fingerprint density at radius 1 is 1.00 bits per heavy atom. The van der Waals surface area contributed by atoms with E-state index in [9.17, 15) is 18.8 Å². The average Bonchev–Trinajstić information content (AvgIpc) is 3.37. The summed E-state index contributed by atoms with van der Waals surface area (Å²) in [4.78, 5) is 40.0. The highest BCUT2D eigenvalue weighted by atomic mass is 19.1. The lowest BCUT2D eigenvalue weighted by atomic mass is 9.92. The minimum atomic E-state index is -1.03. The van der Waals surface area contributed by atoms with Gasteiger partial charge in [0.05, 0.1) is 17.1 Å². The Labute approximate surface area is 253 Å². The van der Waals surface area contributed by atoms with Gasteiger partial charge in [-0.3, -0.25) is 15.1 Å². The second-order valence-electron chi connectivity index (χ2n) is 11.0. The summed E-state index contributed by atoms with van der Waals surface area (Å²) < 4.78 is 26.8. The normalized spacial score (nSPS) is 11.8. The number of ether oxygens (including phenoxy) is 2. The number of benzene rings is 2. The lowest BCUT2D eigenvalue weighted by Gasteiger charge is -2.14. The Hall–Kier alpha value is -5.46. The van der Waals surface area contributed by atoms with E-state index in [1.807, 2.05) is 27.7 Å². The maximum absolute atomic E-state index is 14.9. The van der Waals surface area contributed by atoms with E-state index in [2.05, 4.69) is 25.7 Å². The summed E-state index contributed by atoms with van der Waals surface area (Å²) in [5.41, 5.74) is 7.47. The zero-order valence-electron chi connectivity index (χ0n) is 25.0. The number of anilines is 2. The molecular formula is C31H34FN7O5. The number of pyridine rings is 1. The van der Waals surface area contributed by atoms with Crippen molar-refractivity contribution in [2.75, 3.05) is 10.6 Å². The van der Waals surface area contributed by atoms with Gasteiger partial charge in [0.25, 0.3) is 5.91 Å². The largest absolute Gasteiger partial charge is 0.457 e. The van der Waals surface area contributed by atoms with Crippen molar-refractivity contribution in [1.82, 2.24) is 20.1 Å². The van der Waals surface area contributed by atoms with Crippen LogP contribution in [0.4, 0.5) is 25.5 Å². The monoisotopic (exact) mass is 603 g/mol. The van der Waals surface area contributed by atoms with E-state index in [-0.39, 0.29) is 23.4 Å². The van der Waals surface area contributed by atoms with Crippen molar-refractivity contribution in [2.24, 2.45) is 5.73 Å². The van der Waals surface area contributed by atoms with Gasteiger partial charge in [-0.15, -0.1) is 0 Å². The first-order chi connectivity index (χ1) is 20.8. The molecule has 0 aliphatic rings. The first kappa shape index (κ1) is 31.5. The van der Waals surface area contributed by atoms with Gasteiger partial charge in [-0.2, -0.15) is 5.10 Å². The lowest BCUT2D eigenvalue weighted by molar-refractivity contribution is -0.128. The molecule has 0 fully saturated rings. The number of nitrogens with one attached hydrogen (secondary N) is 3. The Bertz CT molecular complexity index is 1660. The number of halogens is 1. The topological polar surface area (TPSA) is 162 Å². The molecule has 12 nitrogen and oxygen atoms in total. The standard InChI is InChI=1S/C31H34FN7O5/c1-18-14-23(12-13-34-18)44-22-10-11-25(24(32)15-22)36-30(42)37-27-16-26(31(3,4)5)38-39(27)21-8-6-20(7-9-21)17-35-28(40)19(2)43-29(33)41/h6-16,19H,17H2,1-5H3,(H2,33,41)(H,35,40)(H2,36,37,42). The molecule has 2 heterocycles. The quantitative estimate of drug-likeness (QED) is 0.195. The van der Waals surface area contributed by atoms with Crippen LogP contribution in [0.1, 0.15) is 44.6 Å². The first-order valence-corrected chi connectivity index (χ1v) is 13.7. The summed E-state index contributed by atoms with van der Waals surface area (Å²) in [5.74, 6) is -0.0245. The smallest absolute Gasteiger partial charge is 0.405 e. The van der Waals surface area contributed by atoms with Gasteiger partial charge in [-0.1, -0.05) is 32.9 Å². The molecule has 0 spiro atoms. The Balaban J connectivity index is 1.46. The molecular weight excluding hydrogens is 569 g/mol. The molecule has 4 amide bonds. The maximum Gasteiger partial charge on any atom is 0.405 e. The molecule has 0 radical (unpaired) electrons. The summed E-state index contributed by atoms with van der Waals surface area (Å²) in [7, 11) is 0. The zero-order valence-corrected chi connectivity index (χ0v) is 25.0. The van der Waals surface area contributed by atoms with E-state index in [1.54, 1.807) is 59.4 Å². The number of urea groups is 1. The number of aromatic nitrogens is 3. The van der Waals surface area contributed by atoms with E-state index in [4.69, 9.17) is 15.6 Å². The van der Waals surface area contributed by atoms with Gasteiger partial charge in [0.1, 0.15) is 23.1 Å². The number of primary amides is 1. The number of carbonyl (C=O) groups is 3. The van der Waals surface area contributed by atoms with Gasteiger partial charge in [0.15, 0.2) is 6.10 Å². The Kier molecular flexibility index (Phi) is 9.47. The van der Waals surface area contributed by atoms with Crippen LogP contribution in [0, 0.1) is 12.7 Å². The van der Waals surface area contributed by atoms with E-state index in [1.165, 1.54) is 19.1 Å². The third-order valence-corrected chi connectivity index (χ3v) is 6.32. The summed E-state index contributed by atoms with van der Waals surface area (Å²) in [6.07, 6.45) is -0.464. The van der Waals surface area contributed by atoms with E-state index < -0.39 is 30.0 Å². The van der Waals surface area contributed by atoms with Crippen molar-refractivity contribution >= 4 is 29.5 Å². The number of carbonyl (C=O) groups excluding carboxylic acids is 3. The number of amides is 4. The van der Waals surface area contributed by atoms with Crippen molar-refractivity contribution in [3.05, 3.63) is 89.6 Å². The van der Waals surface area contributed by atoms with Crippen LogP contribution in [0.3, 0.4) is 0 Å². The van der Waals surface area contributed by atoms with E-state index in [0.717, 1.165) is 11.3 Å². The second kappa shape index (κ2) is 13.2. The summed E-state index contributed by atoms with van der Waals surface area (Å²) in [6, 6.07) is 15.7. The molecule has 0 aliphatic carbocycles. The van der Waals surface area contributed by atoms with Gasteiger partial charge in [0.2, 0.25) is 0 Å². The molecule has 44 heavy (non-hydrogen) atoms. The third kappa shape index (κ3) is 8.31. The molecule has 4 aromatic rings. The molecule has 1 atom stereocenters. The molecule has 0 aliphatic heterocycles. The summed E-state index contributed by atoms with van der Waals surface area (Å²) in [5, 5.41) is 12.6. The molecule has 2 aromatic heterocycles. The van der Waals surface area contributed by atoms with E-state index in [0.29, 0.717) is 22.9 Å². The molecule has 1 unspecified atom stereocenters. The number of hydrogen-bond donors (Lipinski definition) is 4. The summed E-state index contributed by atoms with van der Waals surface area (Å²) in [6.45, 7) is 9.39. The van der Waals surface area contributed by atoms with Crippen LogP contribution in [0.25, 0.3) is 5.69 Å². The van der Waals surface area contributed by atoms with Crippen LogP contribution in [-0.4, -0.2) is 38.9 Å². The van der Waals surface area contributed by atoms with Crippen molar-refractivity contribution < 1.29 is 28.2 Å². The predicted octanol–water partition coefficient (Wildman–Crippen LogP) is 5.55. The molecule has 0 saturated heterocycles. The molecule has 0 saturated carbocycles. The van der Waals surface area contributed by atoms with Crippen molar-refractivity contribution in [1.29, 1.82) is 0 Å². The number of nitrogens with zero attached hydrogens (tertiary/aromatic N) is 3. The van der Waals surface area contributed by atoms with Gasteiger partial charge in [-0.05, 0) is 49.7 Å². The number of hydrogen-bond acceptors (Lipinski definition) is 7. The molecule has 13 heteroatoms. The second-order valence-corrected chi connectivity index (χ2v) is 11.0. The van der Waals surface area contributed by atoms with Crippen molar-refractivity contribution in [2.45, 2.75) is 52.7 Å². The van der Waals surface area contributed by atoms with Crippen LogP contribution in [0.5, 0.6) is 11.5 Å². The highest BCUT2D eigenvalue weighted by Gasteiger charge is 2.22. The van der Waals surface area contributed by atoms with Crippen LogP contribution >= 0.6 is 0 Å². The molecule has 2 aromatic carbocycles. The summed E-state index contributed by atoms with van der Waals surface area (Å²) >= 11 is 0. The predicted molar refractivity (Wildman–Crippen MR) is 162 cm³/mol. The highest BCUT2D eigenvalue weighted by molar-refractivity contribution is 5.99. The fourth-order valence-electron chi connectivity index (χ4n) is 4.00. The van der Waals surface area contributed by atoms with Crippen LogP contribution in [0.15, 0.2) is 66.9 Å². The number of aryl methyl sites for hydroxylation is 1. The maximum atomic E-state index is 14.9. The highest BCUT2D eigenvalue weighted by Crippen LogP contribution is 2.28. The molecule has 4 rings (SSSR count). The lowest BCUT2D eigenvalue weighted by Crippen LogP contribution is -2.36. The van der Waals surface area contributed by atoms with Crippen molar-refractivity contribution in [3.8, 4) is 17.2 Å². The Morgan fingerprint density at radius 3 is 2.34 bits per heavy atom. The van der Waals surface area contributed by atoms with Crippen LogP contribution in [-0.2, 0) is 21.5 Å². The molecule has 230 valence electrons. The minimum absolute atomic E-state index is 0.0372. The number of nitrogens with two attached hydrogens (primary N) is 1. The van der Waals surface area contributed by atoms with Gasteiger partial charge >= 0.3 is 12.1 Å². The third-order valence-electron chi connectivity index (χ3n) is 6.32. The van der Waals surface area contributed by atoms with Gasteiger partial charge < -0.3 is 25.8 Å². The fourth-order valence-corrected chi connectivity index (χ4v) is 4.00. The minimum Gasteiger partial charge on any atom is -0.457 e. The average molecular weight is 604 g/mol. The van der Waals surface area contributed by atoms with Gasteiger partial charge in [-0.25, -0.2) is 18.7 Å². The molecule has 0 bridgehead atoms. The van der Waals surface area contributed by atoms with Gasteiger partial charge in [0, 0.05) is 42.0 Å².